The lowest BCUT2D eigenvalue weighted by atomic mass is 10.0. The summed E-state index contributed by atoms with van der Waals surface area (Å²) in [5, 5.41) is 10.2. The Bertz CT molecular complexity index is 373. The van der Waals surface area contributed by atoms with E-state index in [1.165, 1.54) is 24.0 Å². The average Bonchev–Trinajstić information content (AvgIpc) is 2.50. The fourth-order valence-corrected chi connectivity index (χ4v) is 2.50. The van der Waals surface area contributed by atoms with E-state index in [0.717, 1.165) is 26.1 Å². The minimum atomic E-state index is -0.556. The first-order chi connectivity index (χ1) is 8.11. The van der Waals surface area contributed by atoms with E-state index in [9.17, 15) is 5.11 Å². The molecule has 0 aromatic heterocycles. The van der Waals surface area contributed by atoms with Crippen molar-refractivity contribution >= 4 is 0 Å². The van der Waals surface area contributed by atoms with Gasteiger partial charge in [-0.3, -0.25) is 4.90 Å². The molecule has 0 amide bonds. The summed E-state index contributed by atoms with van der Waals surface area (Å²) in [6.07, 6.45) is 3.17. The standard InChI is InChI=1S/C15H23NO/c1-3-15(2,17)12-16-10-6-9-13-7-4-5-8-14(13)11-16/h4-5,7-8,17H,3,6,9-12H2,1-2H3. The van der Waals surface area contributed by atoms with Gasteiger partial charge in [0.2, 0.25) is 0 Å². The molecule has 1 atom stereocenters. The van der Waals surface area contributed by atoms with E-state index < -0.39 is 5.60 Å². The highest BCUT2D eigenvalue weighted by Gasteiger charge is 2.23. The van der Waals surface area contributed by atoms with Crippen LogP contribution in [0.1, 0.15) is 37.8 Å². The van der Waals surface area contributed by atoms with Gasteiger partial charge in [-0.2, -0.15) is 0 Å². The Morgan fingerprint density at radius 2 is 2.00 bits per heavy atom. The summed E-state index contributed by atoms with van der Waals surface area (Å²) < 4.78 is 0. The molecule has 1 aromatic carbocycles. The third-order valence-corrected chi connectivity index (χ3v) is 3.76. The third-order valence-electron chi connectivity index (χ3n) is 3.76. The first-order valence-corrected chi connectivity index (χ1v) is 6.62. The summed E-state index contributed by atoms with van der Waals surface area (Å²) >= 11 is 0. The molecule has 0 saturated heterocycles. The van der Waals surface area contributed by atoms with Crippen molar-refractivity contribution in [2.24, 2.45) is 0 Å². The largest absolute Gasteiger partial charge is 0.389 e. The van der Waals surface area contributed by atoms with Gasteiger partial charge in [-0.05, 0) is 43.9 Å². The van der Waals surface area contributed by atoms with Crippen molar-refractivity contribution in [1.29, 1.82) is 0 Å². The number of hydrogen-bond donors (Lipinski definition) is 1. The second-order valence-corrected chi connectivity index (χ2v) is 5.43. The Balaban J connectivity index is 2.08. The van der Waals surface area contributed by atoms with E-state index >= 15 is 0 Å². The molecule has 1 aliphatic heterocycles. The lowest BCUT2D eigenvalue weighted by molar-refractivity contribution is 0.0144. The number of aliphatic hydroxyl groups is 1. The topological polar surface area (TPSA) is 23.5 Å². The van der Waals surface area contributed by atoms with Crippen LogP contribution in [0, 0.1) is 0 Å². The maximum absolute atomic E-state index is 10.2. The highest BCUT2D eigenvalue weighted by molar-refractivity contribution is 5.28. The Hall–Kier alpha value is -0.860. The van der Waals surface area contributed by atoms with Gasteiger partial charge >= 0.3 is 0 Å². The summed E-state index contributed by atoms with van der Waals surface area (Å²) in [5.74, 6) is 0. The van der Waals surface area contributed by atoms with Gasteiger partial charge in [0.1, 0.15) is 0 Å². The van der Waals surface area contributed by atoms with E-state index in [-0.39, 0.29) is 0 Å². The van der Waals surface area contributed by atoms with Crippen molar-refractivity contribution in [3.05, 3.63) is 35.4 Å². The number of aryl methyl sites for hydroxylation is 1. The molecule has 0 spiro atoms. The SMILES string of the molecule is CCC(C)(O)CN1CCCc2ccccc2C1. The van der Waals surface area contributed by atoms with Gasteiger partial charge in [-0.25, -0.2) is 0 Å². The monoisotopic (exact) mass is 233 g/mol. The number of hydrogen-bond acceptors (Lipinski definition) is 2. The van der Waals surface area contributed by atoms with Crippen LogP contribution in [0.4, 0.5) is 0 Å². The second kappa shape index (κ2) is 5.19. The minimum absolute atomic E-state index is 0.556. The summed E-state index contributed by atoms with van der Waals surface area (Å²) in [6.45, 7) is 6.82. The minimum Gasteiger partial charge on any atom is -0.389 e. The molecule has 1 N–H and O–H groups in total. The van der Waals surface area contributed by atoms with Gasteiger partial charge in [0.05, 0.1) is 5.60 Å². The van der Waals surface area contributed by atoms with E-state index in [1.807, 2.05) is 13.8 Å². The molecule has 2 rings (SSSR count). The van der Waals surface area contributed by atoms with Gasteiger partial charge in [0, 0.05) is 13.1 Å². The van der Waals surface area contributed by atoms with Gasteiger partial charge in [-0.1, -0.05) is 31.2 Å². The van der Waals surface area contributed by atoms with Gasteiger partial charge in [0.25, 0.3) is 0 Å². The molecule has 94 valence electrons. The molecular formula is C15H23NO. The van der Waals surface area contributed by atoms with Crippen molar-refractivity contribution < 1.29 is 5.11 Å². The number of benzene rings is 1. The highest BCUT2D eigenvalue weighted by atomic mass is 16.3. The van der Waals surface area contributed by atoms with Crippen molar-refractivity contribution in [2.45, 2.75) is 45.3 Å². The first-order valence-electron chi connectivity index (χ1n) is 6.62. The third kappa shape index (κ3) is 3.30. The van der Waals surface area contributed by atoms with Crippen molar-refractivity contribution in [1.82, 2.24) is 4.90 Å². The number of β-amino-alcohol motifs (C(OH)–C–C–N with tert-alkyl or cyclic N) is 1. The van der Waals surface area contributed by atoms with Crippen LogP contribution in [0.15, 0.2) is 24.3 Å². The molecule has 1 aromatic rings. The molecule has 2 nitrogen and oxygen atoms in total. The quantitative estimate of drug-likeness (QED) is 0.867. The Labute approximate surface area is 104 Å². The van der Waals surface area contributed by atoms with Crippen LogP contribution in [0.5, 0.6) is 0 Å². The predicted molar refractivity (Wildman–Crippen MR) is 71.0 cm³/mol. The van der Waals surface area contributed by atoms with E-state index in [4.69, 9.17) is 0 Å². The molecule has 1 aliphatic rings. The van der Waals surface area contributed by atoms with E-state index in [2.05, 4.69) is 29.2 Å². The molecule has 0 bridgehead atoms. The zero-order valence-corrected chi connectivity index (χ0v) is 10.9. The zero-order chi connectivity index (χ0) is 12.3. The molecule has 17 heavy (non-hydrogen) atoms. The Morgan fingerprint density at radius 1 is 1.29 bits per heavy atom. The van der Waals surface area contributed by atoms with Crippen LogP contribution >= 0.6 is 0 Å². The lowest BCUT2D eigenvalue weighted by Gasteiger charge is -2.30. The van der Waals surface area contributed by atoms with Crippen molar-refractivity contribution in [3.63, 3.8) is 0 Å². The molecule has 2 heteroatoms. The second-order valence-electron chi connectivity index (χ2n) is 5.43. The maximum Gasteiger partial charge on any atom is 0.0743 e. The fraction of sp³-hybridized carbons (Fsp3) is 0.600. The molecule has 0 saturated carbocycles. The van der Waals surface area contributed by atoms with Crippen LogP contribution in [0.2, 0.25) is 0 Å². The van der Waals surface area contributed by atoms with Crippen LogP contribution in [0.25, 0.3) is 0 Å². The highest BCUT2D eigenvalue weighted by Crippen LogP contribution is 2.20. The average molecular weight is 233 g/mol. The van der Waals surface area contributed by atoms with Crippen LogP contribution < -0.4 is 0 Å². The molecule has 0 fully saturated rings. The van der Waals surface area contributed by atoms with Crippen LogP contribution in [0.3, 0.4) is 0 Å². The lowest BCUT2D eigenvalue weighted by Crippen LogP contribution is -2.40. The van der Waals surface area contributed by atoms with E-state index in [0.29, 0.717) is 0 Å². The number of fused-ring (bicyclic) bond motifs is 1. The molecule has 0 radical (unpaired) electrons. The van der Waals surface area contributed by atoms with Crippen LogP contribution in [-0.4, -0.2) is 28.7 Å². The molecule has 1 unspecified atom stereocenters. The maximum atomic E-state index is 10.2. The predicted octanol–water partition coefficient (Wildman–Crippen LogP) is 2.60. The molecule has 0 aliphatic carbocycles. The van der Waals surface area contributed by atoms with Crippen molar-refractivity contribution in [3.8, 4) is 0 Å². The van der Waals surface area contributed by atoms with Gasteiger partial charge in [-0.15, -0.1) is 0 Å². The van der Waals surface area contributed by atoms with Crippen molar-refractivity contribution in [2.75, 3.05) is 13.1 Å². The Kier molecular flexibility index (Phi) is 3.85. The fourth-order valence-electron chi connectivity index (χ4n) is 2.50. The summed E-state index contributed by atoms with van der Waals surface area (Å²) in [5.41, 5.74) is 2.35. The number of rotatable bonds is 3. The smallest absolute Gasteiger partial charge is 0.0743 e. The summed E-state index contributed by atoms with van der Waals surface area (Å²) in [7, 11) is 0. The summed E-state index contributed by atoms with van der Waals surface area (Å²) in [4.78, 5) is 2.38. The van der Waals surface area contributed by atoms with Gasteiger partial charge < -0.3 is 5.11 Å². The van der Waals surface area contributed by atoms with Gasteiger partial charge in [0.15, 0.2) is 0 Å². The normalized spacial score (nSPS) is 20.4. The van der Waals surface area contributed by atoms with E-state index in [1.54, 1.807) is 0 Å². The first kappa shape index (κ1) is 12.6. The Morgan fingerprint density at radius 3 is 2.71 bits per heavy atom. The molecule has 1 heterocycles. The zero-order valence-electron chi connectivity index (χ0n) is 10.9. The molecular weight excluding hydrogens is 210 g/mol. The summed E-state index contributed by atoms with van der Waals surface area (Å²) in [6, 6.07) is 8.68. The van der Waals surface area contributed by atoms with Crippen LogP contribution in [-0.2, 0) is 13.0 Å². The number of nitrogens with zero attached hydrogens (tertiary/aromatic N) is 1.